The molecule has 12 heteroatoms. The van der Waals surface area contributed by atoms with Crippen LogP contribution in [0.4, 0.5) is 9.59 Å². The fourth-order valence-electron chi connectivity index (χ4n) is 3.29. The van der Waals surface area contributed by atoms with E-state index < -0.39 is 49.8 Å². The van der Waals surface area contributed by atoms with Gasteiger partial charge in [-0.2, -0.15) is 0 Å². The van der Waals surface area contributed by atoms with E-state index in [9.17, 15) is 19.2 Å². The molecule has 0 unspecified atom stereocenters. The molecule has 2 rings (SSSR count). The minimum atomic E-state index is -1.37. The lowest BCUT2D eigenvalue weighted by Gasteiger charge is -2.24. The number of hydrogen-bond acceptors (Lipinski definition) is 7. The molecule has 3 amide bonds. The highest BCUT2D eigenvalue weighted by Crippen LogP contribution is 2.14. The summed E-state index contributed by atoms with van der Waals surface area (Å²) in [5.41, 5.74) is 2.16. The van der Waals surface area contributed by atoms with Crippen LogP contribution in [0, 0.1) is 0 Å². The van der Waals surface area contributed by atoms with E-state index in [1.54, 1.807) is 25.8 Å². The molecule has 1 heterocycles. The number of nitrogens with zero attached hydrogens (tertiary/aromatic N) is 1. The molecule has 4 N–H and O–H groups in total. The van der Waals surface area contributed by atoms with Crippen molar-refractivity contribution in [3.05, 3.63) is 35.4 Å². The quantitative estimate of drug-likeness (QED) is 0.392. The summed E-state index contributed by atoms with van der Waals surface area (Å²) in [6.45, 7) is 12.4. The van der Waals surface area contributed by atoms with Crippen LogP contribution in [0.5, 0.6) is 0 Å². The fourth-order valence-corrected chi connectivity index (χ4v) is 4.01. The first-order valence-electron chi connectivity index (χ1n) is 11.4. The molecular formula is C23H36N4O7Si. The topological polar surface area (TPSA) is 146 Å². The van der Waals surface area contributed by atoms with Crippen LogP contribution in [-0.2, 0) is 9.47 Å². The van der Waals surface area contributed by atoms with Gasteiger partial charge in [0.1, 0.15) is 5.60 Å². The highest BCUT2D eigenvalue weighted by molar-refractivity contribution is 6.76. The molecular weight excluding hydrogens is 472 g/mol. The lowest BCUT2D eigenvalue weighted by molar-refractivity contribution is 0.0496. The van der Waals surface area contributed by atoms with E-state index in [0.29, 0.717) is 6.61 Å². The summed E-state index contributed by atoms with van der Waals surface area (Å²) in [6.07, 6.45) is -1.25. The van der Waals surface area contributed by atoms with Crippen molar-refractivity contribution in [2.24, 2.45) is 0 Å². The Balaban J connectivity index is 2.05. The lowest BCUT2D eigenvalue weighted by atomic mass is 10.1. The Kier molecular flexibility index (Phi) is 9.27. The summed E-state index contributed by atoms with van der Waals surface area (Å²) in [6, 6.07) is 5.34. The second-order valence-electron chi connectivity index (χ2n) is 10.7. The van der Waals surface area contributed by atoms with Crippen LogP contribution in [0.1, 0.15) is 41.5 Å². The van der Waals surface area contributed by atoms with E-state index in [1.807, 2.05) is 0 Å². The number of carbonyl (C=O) groups is 4. The van der Waals surface area contributed by atoms with Crippen molar-refractivity contribution >= 4 is 32.1 Å². The maximum atomic E-state index is 12.7. The van der Waals surface area contributed by atoms with Crippen molar-refractivity contribution in [2.45, 2.75) is 64.1 Å². The molecule has 194 valence electrons. The van der Waals surface area contributed by atoms with Gasteiger partial charge in [0, 0.05) is 26.7 Å². The first-order chi connectivity index (χ1) is 16.1. The molecule has 0 aliphatic carbocycles. The zero-order valence-corrected chi connectivity index (χ0v) is 22.1. The highest BCUT2D eigenvalue weighted by Gasteiger charge is 2.37. The van der Waals surface area contributed by atoms with Crippen LogP contribution in [0.15, 0.2) is 24.3 Å². The number of carbonyl (C=O) groups excluding carboxylic acids is 3. The summed E-state index contributed by atoms with van der Waals surface area (Å²) in [4.78, 5) is 48.6. The van der Waals surface area contributed by atoms with Gasteiger partial charge in [-0.05, 0) is 45.0 Å². The molecule has 1 aliphatic rings. The van der Waals surface area contributed by atoms with Gasteiger partial charge in [-0.1, -0.05) is 25.7 Å². The molecule has 1 fully saturated rings. The lowest BCUT2D eigenvalue weighted by Crippen LogP contribution is -2.52. The largest absolute Gasteiger partial charge is 0.478 e. The van der Waals surface area contributed by atoms with Crippen LogP contribution >= 0.6 is 0 Å². The van der Waals surface area contributed by atoms with Gasteiger partial charge in [-0.3, -0.25) is 10.2 Å². The molecule has 0 spiro atoms. The third-order valence-corrected chi connectivity index (χ3v) is 6.75. The van der Waals surface area contributed by atoms with E-state index in [1.165, 1.54) is 24.3 Å². The minimum absolute atomic E-state index is 0.0100. The van der Waals surface area contributed by atoms with Crippen molar-refractivity contribution in [3.63, 3.8) is 0 Å². The van der Waals surface area contributed by atoms with Crippen LogP contribution < -0.4 is 16.1 Å². The van der Waals surface area contributed by atoms with Crippen LogP contribution in [-0.4, -0.2) is 79.6 Å². The third kappa shape index (κ3) is 9.95. The van der Waals surface area contributed by atoms with Crippen molar-refractivity contribution in [1.29, 1.82) is 0 Å². The van der Waals surface area contributed by atoms with Gasteiger partial charge in [0.2, 0.25) is 0 Å². The number of amides is 3. The normalized spacial score (nSPS) is 18.5. The number of hydrogen-bond donors (Lipinski definition) is 4. The molecule has 1 saturated heterocycles. The molecule has 0 bridgehead atoms. The summed E-state index contributed by atoms with van der Waals surface area (Å²) in [7, 11) is -1.37. The summed E-state index contributed by atoms with van der Waals surface area (Å²) >= 11 is 0. The number of nitrogens with one attached hydrogen (secondary N) is 3. The summed E-state index contributed by atoms with van der Waals surface area (Å²) in [5, 5.41) is 16.2. The Morgan fingerprint density at radius 1 is 1.03 bits per heavy atom. The number of carboxylic acids is 1. The SMILES string of the molecule is CC(C)(C)OC(=O)N[C@@H]1CN(NC(=O)c2cccc(C(=O)O)c2)C[C@H]1NC(=O)OCC[Si](C)(C)C. The number of ether oxygens (including phenoxy) is 2. The molecule has 35 heavy (non-hydrogen) atoms. The Morgan fingerprint density at radius 2 is 1.60 bits per heavy atom. The second-order valence-corrected chi connectivity index (χ2v) is 16.3. The second kappa shape index (κ2) is 11.5. The first kappa shape index (κ1) is 28.1. The van der Waals surface area contributed by atoms with Gasteiger partial charge in [-0.25, -0.2) is 19.4 Å². The van der Waals surface area contributed by atoms with Gasteiger partial charge in [0.05, 0.1) is 24.3 Å². The number of aromatic carboxylic acids is 1. The first-order valence-corrected chi connectivity index (χ1v) is 15.2. The Hall–Kier alpha value is -3.12. The van der Waals surface area contributed by atoms with E-state index >= 15 is 0 Å². The number of hydrazine groups is 1. The van der Waals surface area contributed by atoms with Gasteiger partial charge in [0.15, 0.2) is 0 Å². The average Bonchev–Trinajstić information content (AvgIpc) is 3.05. The molecule has 1 aliphatic heterocycles. The smallest absolute Gasteiger partial charge is 0.407 e. The predicted molar refractivity (Wildman–Crippen MR) is 132 cm³/mol. The minimum Gasteiger partial charge on any atom is -0.478 e. The molecule has 2 atom stereocenters. The number of rotatable bonds is 8. The maximum Gasteiger partial charge on any atom is 0.407 e. The standard InChI is InChI=1S/C23H36N4O7Si/c1-23(2,3)34-22(32)25-18-14-27(13-17(18)24-21(31)33-10-11-35(4,5)6)26-19(28)15-8-7-9-16(12-15)20(29)30/h7-9,12,17-18H,10-11,13-14H2,1-6H3,(H,24,31)(H,25,32)(H,26,28)(H,29,30)/t17-,18-/m1/s1. The van der Waals surface area contributed by atoms with Crippen molar-refractivity contribution < 1.29 is 33.8 Å². The third-order valence-electron chi connectivity index (χ3n) is 5.04. The molecule has 0 saturated carbocycles. The molecule has 11 nitrogen and oxygen atoms in total. The Morgan fingerprint density at radius 3 is 2.14 bits per heavy atom. The van der Waals surface area contributed by atoms with E-state index in [0.717, 1.165) is 6.04 Å². The highest BCUT2D eigenvalue weighted by atomic mass is 28.3. The fraction of sp³-hybridized carbons (Fsp3) is 0.565. The monoisotopic (exact) mass is 508 g/mol. The average molecular weight is 509 g/mol. The zero-order valence-electron chi connectivity index (χ0n) is 21.1. The zero-order chi connectivity index (χ0) is 26.4. The van der Waals surface area contributed by atoms with E-state index in [2.05, 4.69) is 35.7 Å². The number of alkyl carbamates (subject to hydrolysis) is 2. The number of benzene rings is 1. The van der Waals surface area contributed by atoms with Crippen LogP contribution in [0.2, 0.25) is 25.7 Å². The van der Waals surface area contributed by atoms with Crippen molar-refractivity contribution in [2.75, 3.05) is 19.7 Å². The molecule has 1 aromatic carbocycles. The molecule has 0 radical (unpaired) electrons. The summed E-state index contributed by atoms with van der Waals surface area (Å²) < 4.78 is 10.6. The predicted octanol–water partition coefficient (Wildman–Crippen LogP) is 2.67. The number of carboxylic acid groups (broad SMARTS) is 1. The Bertz CT molecular complexity index is 943. The Labute approximate surface area is 206 Å². The molecule has 1 aromatic rings. The van der Waals surface area contributed by atoms with Crippen LogP contribution in [0.25, 0.3) is 0 Å². The summed E-state index contributed by atoms with van der Waals surface area (Å²) in [5.74, 6) is -1.65. The van der Waals surface area contributed by atoms with E-state index in [4.69, 9.17) is 14.6 Å². The van der Waals surface area contributed by atoms with Crippen LogP contribution in [0.3, 0.4) is 0 Å². The van der Waals surface area contributed by atoms with Gasteiger partial charge >= 0.3 is 18.2 Å². The maximum absolute atomic E-state index is 12.7. The molecule has 0 aromatic heterocycles. The van der Waals surface area contributed by atoms with Crippen molar-refractivity contribution in [1.82, 2.24) is 21.1 Å². The van der Waals surface area contributed by atoms with Gasteiger partial charge in [-0.15, -0.1) is 0 Å². The van der Waals surface area contributed by atoms with Gasteiger partial charge in [0.25, 0.3) is 5.91 Å². The van der Waals surface area contributed by atoms with Gasteiger partial charge < -0.3 is 25.2 Å². The van der Waals surface area contributed by atoms with Crippen molar-refractivity contribution in [3.8, 4) is 0 Å². The van der Waals surface area contributed by atoms with E-state index in [-0.39, 0.29) is 24.2 Å².